The van der Waals surface area contributed by atoms with Gasteiger partial charge in [0.05, 0.1) is 17.9 Å². The predicted octanol–water partition coefficient (Wildman–Crippen LogP) is 3.98. The summed E-state index contributed by atoms with van der Waals surface area (Å²) in [5.74, 6) is 1.09. The number of rotatable bonds is 5. The SMILES string of the molecule is CN1CCC(n2cc(NC(=O)Nc3ccnc(Oc4ccccc4)c3)cn2)CC1. The molecule has 1 aliphatic heterocycles. The molecule has 0 atom stereocenters. The second-order valence-corrected chi connectivity index (χ2v) is 7.12. The first-order chi connectivity index (χ1) is 14.2. The van der Waals surface area contributed by atoms with Crippen molar-refractivity contribution < 1.29 is 9.53 Å². The fraction of sp³-hybridized carbons (Fsp3) is 0.286. The summed E-state index contributed by atoms with van der Waals surface area (Å²) >= 11 is 0. The van der Waals surface area contributed by atoms with Crippen molar-refractivity contribution in [3.05, 3.63) is 61.1 Å². The molecule has 8 heteroatoms. The van der Waals surface area contributed by atoms with Gasteiger partial charge in [0.1, 0.15) is 5.75 Å². The molecule has 8 nitrogen and oxygen atoms in total. The third-order valence-corrected chi connectivity index (χ3v) is 4.88. The normalized spacial score (nSPS) is 15.1. The quantitative estimate of drug-likeness (QED) is 0.686. The molecule has 3 aromatic rings. The summed E-state index contributed by atoms with van der Waals surface area (Å²) in [4.78, 5) is 18.8. The van der Waals surface area contributed by atoms with Crippen LogP contribution < -0.4 is 15.4 Å². The Hall–Kier alpha value is -3.39. The van der Waals surface area contributed by atoms with Crippen LogP contribution in [0.2, 0.25) is 0 Å². The minimum atomic E-state index is -0.343. The standard InChI is InChI=1S/C21H24N6O2/c1-26-11-8-18(9-12-26)27-15-17(14-23-27)25-21(28)24-16-7-10-22-20(13-16)29-19-5-3-2-4-6-19/h2-7,10,13-15,18H,8-9,11-12H2,1H3,(H2,22,24,25,28). The van der Waals surface area contributed by atoms with Gasteiger partial charge in [-0.1, -0.05) is 18.2 Å². The number of aromatic nitrogens is 3. The lowest BCUT2D eigenvalue weighted by molar-refractivity contribution is 0.212. The average Bonchev–Trinajstić information content (AvgIpc) is 3.18. The molecule has 2 N–H and O–H groups in total. The van der Waals surface area contributed by atoms with Crippen molar-refractivity contribution in [2.75, 3.05) is 30.8 Å². The van der Waals surface area contributed by atoms with E-state index >= 15 is 0 Å². The number of urea groups is 1. The van der Waals surface area contributed by atoms with Crippen LogP contribution in [0.3, 0.4) is 0 Å². The maximum absolute atomic E-state index is 12.4. The van der Waals surface area contributed by atoms with E-state index in [9.17, 15) is 4.79 Å². The van der Waals surface area contributed by atoms with Crippen LogP contribution in [-0.2, 0) is 0 Å². The molecule has 150 valence electrons. The van der Waals surface area contributed by atoms with E-state index < -0.39 is 0 Å². The van der Waals surface area contributed by atoms with Crippen LogP contribution in [-0.4, -0.2) is 45.8 Å². The Kier molecular flexibility index (Phi) is 5.71. The zero-order chi connectivity index (χ0) is 20.1. The highest BCUT2D eigenvalue weighted by Crippen LogP contribution is 2.23. The Morgan fingerprint density at radius 1 is 1.10 bits per heavy atom. The highest BCUT2D eigenvalue weighted by molar-refractivity contribution is 5.99. The smallest absolute Gasteiger partial charge is 0.323 e. The number of hydrogen-bond donors (Lipinski definition) is 2. The van der Waals surface area contributed by atoms with Crippen LogP contribution in [0.25, 0.3) is 0 Å². The molecule has 1 saturated heterocycles. The Balaban J connectivity index is 1.33. The third-order valence-electron chi connectivity index (χ3n) is 4.88. The molecule has 1 aliphatic rings. The molecular weight excluding hydrogens is 368 g/mol. The van der Waals surface area contributed by atoms with Gasteiger partial charge in [0, 0.05) is 24.1 Å². The molecule has 0 aliphatic carbocycles. The van der Waals surface area contributed by atoms with E-state index in [0.29, 0.717) is 29.0 Å². The molecule has 0 unspecified atom stereocenters. The van der Waals surface area contributed by atoms with E-state index in [2.05, 4.69) is 32.7 Å². The predicted molar refractivity (Wildman–Crippen MR) is 111 cm³/mol. The van der Waals surface area contributed by atoms with Gasteiger partial charge in [-0.25, -0.2) is 9.78 Å². The Labute approximate surface area is 169 Å². The van der Waals surface area contributed by atoms with Gasteiger partial charge in [-0.3, -0.25) is 4.68 Å². The van der Waals surface area contributed by atoms with Gasteiger partial charge in [-0.15, -0.1) is 0 Å². The molecule has 0 bridgehead atoms. The number of carbonyl (C=O) groups is 1. The van der Waals surface area contributed by atoms with E-state index in [1.165, 1.54) is 0 Å². The molecule has 3 heterocycles. The number of anilines is 2. The minimum Gasteiger partial charge on any atom is -0.439 e. The molecule has 2 amide bonds. The fourth-order valence-electron chi connectivity index (χ4n) is 3.31. The number of pyridine rings is 1. The second-order valence-electron chi connectivity index (χ2n) is 7.12. The minimum absolute atomic E-state index is 0.343. The van der Waals surface area contributed by atoms with Gasteiger partial charge in [0.15, 0.2) is 0 Å². The van der Waals surface area contributed by atoms with Gasteiger partial charge < -0.3 is 20.3 Å². The lowest BCUT2D eigenvalue weighted by atomic mass is 10.1. The van der Waals surface area contributed by atoms with Crippen LogP contribution in [0.4, 0.5) is 16.2 Å². The zero-order valence-corrected chi connectivity index (χ0v) is 16.3. The topological polar surface area (TPSA) is 84.3 Å². The van der Waals surface area contributed by atoms with Gasteiger partial charge in [-0.2, -0.15) is 5.10 Å². The highest BCUT2D eigenvalue weighted by atomic mass is 16.5. The molecule has 29 heavy (non-hydrogen) atoms. The van der Waals surface area contributed by atoms with E-state index in [0.717, 1.165) is 25.9 Å². The summed E-state index contributed by atoms with van der Waals surface area (Å²) in [6.45, 7) is 2.12. The third kappa shape index (κ3) is 5.11. The van der Waals surface area contributed by atoms with Crippen molar-refractivity contribution >= 4 is 17.4 Å². The van der Waals surface area contributed by atoms with Gasteiger partial charge in [-0.05, 0) is 51.2 Å². The van der Waals surface area contributed by atoms with E-state index in [1.54, 1.807) is 24.5 Å². The van der Waals surface area contributed by atoms with Crippen molar-refractivity contribution in [2.45, 2.75) is 18.9 Å². The maximum Gasteiger partial charge on any atom is 0.323 e. The number of amides is 2. The van der Waals surface area contributed by atoms with Crippen LogP contribution in [0.5, 0.6) is 11.6 Å². The first-order valence-corrected chi connectivity index (χ1v) is 9.65. The summed E-state index contributed by atoms with van der Waals surface area (Å²) in [6.07, 6.45) is 7.27. The number of piperidine rings is 1. The van der Waals surface area contributed by atoms with Gasteiger partial charge in [0.2, 0.25) is 5.88 Å². The lowest BCUT2D eigenvalue weighted by Crippen LogP contribution is -2.31. The summed E-state index contributed by atoms with van der Waals surface area (Å²) in [7, 11) is 2.13. The number of para-hydroxylation sites is 1. The van der Waals surface area contributed by atoms with Crippen molar-refractivity contribution in [3.63, 3.8) is 0 Å². The largest absolute Gasteiger partial charge is 0.439 e. The number of benzene rings is 1. The molecule has 1 fully saturated rings. The molecule has 0 saturated carbocycles. The van der Waals surface area contributed by atoms with E-state index in [4.69, 9.17) is 4.74 Å². The Bertz CT molecular complexity index is 951. The number of nitrogens with one attached hydrogen (secondary N) is 2. The molecule has 4 rings (SSSR count). The van der Waals surface area contributed by atoms with Gasteiger partial charge in [0.25, 0.3) is 0 Å². The van der Waals surface area contributed by atoms with Crippen LogP contribution in [0.15, 0.2) is 61.1 Å². The molecule has 0 radical (unpaired) electrons. The van der Waals surface area contributed by atoms with Crippen LogP contribution in [0.1, 0.15) is 18.9 Å². The Morgan fingerprint density at radius 2 is 1.86 bits per heavy atom. The molecule has 2 aromatic heterocycles. The summed E-state index contributed by atoms with van der Waals surface area (Å²) < 4.78 is 7.64. The van der Waals surface area contributed by atoms with Crippen molar-refractivity contribution in [1.82, 2.24) is 19.7 Å². The van der Waals surface area contributed by atoms with Crippen molar-refractivity contribution in [1.29, 1.82) is 0 Å². The van der Waals surface area contributed by atoms with Crippen LogP contribution in [0, 0.1) is 0 Å². The average molecular weight is 392 g/mol. The molecular formula is C21H24N6O2. The first kappa shape index (κ1) is 18.9. The lowest BCUT2D eigenvalue weighted by Gasteiger charge is -2.28. The molecule has 0 spiro atoms. The fourth-order valence-corrected chi connectivity index (χ4v) is 3.31. The second kappa shape index (κ2) is 8.74. The van der Waals surface area contributed by atoms with Gasteiger partial charge >= 0.3 is 6.03 Å². The Morgan fingerprint density at radius 3 is 2.66 bits per heavy atom. The number of carbonyl (C=O) groups excluding carboxylic acids is 1. The zero-order valence-electron chi connectivity index (χ0n) is 16.3. The first-order valence-electron chi connectivity index (χ1n) is 9.65. The number of ether oxygens (including phenoxy) is 1. The maximum atomic E-state index is 12.4. The van der Waals surface area contributed by atoms with E-state index in [-0.39, 0.29) is 6.03 Å². The van der Waals surface area contributed by atoms with Crippen molar-refractivity contribution in [2.24, 2.45) is 0 Å². The summed E-state index contributed by atoms with van der Waals surface area (Å²) in [6, 6.07) is 12.8. The van der Waals surface area contributed by atoms with Crippen molar-refractivity contribution in [3.8, 4) is 11.6 Å². The number of hydrogen-bond acceptors (Lipinski definition) is 5. The number of nitrogens with zero attached hydrogens (tertiary/aromatic N) is 4. The summed E-state index contributed by atoms with van der Waals surface area (Å²) in [5, 5.41) is 10.0. The van der Waals surface area contributed by atoms with Crippen LogP contribution >= 0.6 is 0 Å². The summed E-state index contributed by atoms with van der Waals surface area (Å²) in [5.41, 5.74) is 1.25. The van der Waals surface area contributed by atoms with E-state index in [1.807, 2.05) is 41.2 Å². The monoisotopic (exact) mass is 392 g/mol. The number of likely N-dealkylation sites (tertiary alicyclic amines) is 1. The molecule has 1 aromatic carbocycles. The highest BCUT2D eigenvalue weighted by Gasteiger charge is 2.19.